The maximum Gasteiger partial charge on any atom is 0.185 e. The predicted molar refractivity (Wildman–Crippen MR) is 126 cm³/mol. The summed E-state index contributed by atoms with van der Waals surface area (Å²) in [7, 11) is -0.276. The third kappa shape index (κ3) is 6.78. The van der Waals surface area contributed by atoms with Gasteiger partial charge in [-0.25, -0.2) is 0 Å². The molecule has 5 nitrogen and oxygen atoms in total. The van der Waals surface area contributed by atoms with Crippen molar-refractivity contribution >= 4 is 8.32 Å². The van der Waals surface area contributed by atoms with Crippen molar-refractivity contribution < 1.29 is 18.6 Å². The fraction of sp³-hybridized carbons (Fsp3) is 0.560. The number of nitriles is 1. The van der Waals surface area contributed by atoms with Crippen LogP contribution >= 0.6 is 0 Å². The zero-order valence-corrected chi connectivity index (χ0v) is 20.9. The molecule has 0 N–H and O–H groups in total. The van der Waals surface area contributed by atoms with E-state index in [9.17, 15) is 5.26 Å². The highest BCUT2D eigenvalue weighted by Gasteiger charge is 2.49. The van der Waals surface area contributed by atoms with Gasteiger partial charge in [0, 0.05) is 5.92 Å². The second-order valence-electron chi connectivity index (χ2n) is 9.31. The highest BCUT2D eigenvalue weighted by Crippen LogP contribution is 2.47. The van der Waals surface area contributed by atoms with Crippen molar-refractivity contribution in [3.05, 3.63) is 53.6 Å². The molecule has 31 heavy (non-hydrogen) atoms. The molecule has 1 aliphatic carbocycles. The molecule has 2 rings (SSSR count). The highest BCUT2D eigenvalue weighted by molar-refractivity contribution is 6.69. The molecule has 1 aromatic carbocycles. The Balaban J connectivity index is 2.09. The van der Waals surface area contributed by atoms with Gasteiger partial charge in [-0.15, -0.1) is 0 Å². The molecule has 0 saturated carbocycles. The Hall–Kier alpha value is -1.91. The summed E-state index contributed by atoms with van der Waals surface area (Å²) in [6.07, 6.45) is 3.42. The van der Waals surface area contributed by atoms with Gasteiger partial charge in [0.25, 0.3) is 0 Å². The van der Waals surface area contributed by atoms with Crippen molar-refractivity contribution in [2.24, 2.45) is 11.8 Å². The molecule has 0 bridgehead atoms. The van der Waals surface area contributed by atoms with Crippen LogP contribution in [0.2, 0.25) is 19.6 Å². The summed E-state index contributed by atoms with van der Waals surface area (Å²) in [4.78, 5) is 0. The highest BCUT2D eigenvalue weighted by atomic mass is 28.4. The Bertz CT molecular complexity index is 806. The number of nitrogens with zero attached hydrogens (tertiary/aromatic N) is 1. The summed E-state index contributed by atoms with van der Waals surface area (Å²) in [6, 6.07) is 10.2. The summed E-state index contributed by atoms with van der Waals surface area (Å²) >= 11 is 0. The van der Waals surface area contributed by atoms with Crippen LogP contribution in [-0.2, 0) is 20.5 Å². The van der Waals surface area contributed by atoms with E-state index in [-0.39, 0.29) is 18.6 Å². The van der Waals surface area contributed by atoms with Gasteiger partial charge in [0.15, 0.2) is 8.32 Å². The van der Waals surface area contributed by atoms with Gasteiger partial charge in [-0.05, 0) is 69.1 Å². The second-order valence-corrected chi connectivity index (χ2v) is 13.7. The number of methoxy groups -OCH3 is 1. The molecular weight excluding hydrogens is 406 g/mol. The first kappa shape index (κ1) is 25.3. The smallest absolute Gasteiger partial charge is 0.185 e. The summed E-state index contributed by atoms with van der Waals surface area (Å²) in [6.45, 7) is 16.0. The fourth-order valence-corrected chi connectivity index (χ4v) is 5.77. The van der Waals surface area contributed by atoms with E-state index < -0.39 is 13.9 Å². The molecule has 0 amide bonds. The van der Waals surface area contributed by atoms with Crippen LogP contribution in [0.1, 0.15) is 32.3 Å². The minimum Gasteiger partial charge on any atom is -0.497 e. The Labute approximate surface area is 188 Å². The molecule has 0 radical (unpaired) electrons. The molecule has 0 fully saturated rings. The molecule has 6 heteroatoms. The van der Waals surface area contributed by atoms with Crippen molar-refractivity contribution in [1.82, 2.24) is 0 Å². The number of hydrogen-bond donors (Lipinski definition) is 0. The van der Waals surface area contributed by atoms with Gasteiger partial charge in [0.1, 0.15) is 12.5 Å². The van der Waals surface area contributed by atoms with Crippen LogP contribution in [0.5, 0.6) is 5.75 Å². The largest absolute Gasteiger partial charge is 0.497 e. The minimum atomic E-state index is -1.93. The molecule has 3 atom stereocenters. The monoisotopic (exact) mass is 443 g/mol. The zero-order valence-electron chi connectivity index (χ0n) is 19.9. The van der Waals surface area contributed by atoms with Gasteiger partial charge in [-0.3, -0.25) is 0 Å². The number of rotatable bonds is 11. The molecule has 0 saturated heterocycles. The maximum atomic E-state index is 9.68. The van der Waals surface area contributed by atoms with Gasteiger partial charge < -0.3 is 18.6 Å². The Morgan fingerprint density at radius 1 is 1.23 bits per heavy atom. The van der Waals surface area contributed by atoms with Crippen LogP contribution in [0.3, 0.4) is 0 Å². The van der Waals surface area contributed by atoms with Crippen molar-refractivity contribution in [3.8, 4) is 11.8 Å². The van der Waals surface area contributed by atoms with E-state index in [4.69, 9.17) is 18.6 Å². The lowest BCUT2D eigenvalue weighted by Gasteiger charge is -2.49. The van der Waals surface area contributed by atoms with Gasteiger partial charge in [0.05, 0.1) is 38.4 Å². The standard InChI is InChI=1S/C25H37NO4Si/c1-19(2)23-13-8-20(3)25(14-15-26,30-31(5,6)7)24(23)17-29-18-28-16-21-9-11-22(27-4)12-10-21/h8-12,23-24H,1,13-14,16-18H2,2-7H3/t23-,24-,25-/m0/s1. The first-order valence-corrected chi connectivity index (χ1v) is 14.2. The Kier molecular flexibility index (Phi) is 9.08. The molecule has 0 aromatic heterocycles. The van der Waals surface area contributed by atoms with Gasteiger partial charge in [0.2, 0.25) is 0 Å². The first-order chi connectivity index (χ1) is 14.6. The summed E-state index contributed by atoms with van der Waals surface area (Å²) < 4.78 is 23.7. The molecule has 0 spiro atoms. The molecule has 0 aliphatic heterocycles. The van der Waals surface area contributed by atoms with E-state index >= 15 is 0 Å². The van der Waals surface area contributed by atoms with Crippen molar-refractivity contribution in [1.29, 1.82) is 5.26 Å². The lowest BCUT2D eigenvalue weighted by Crippen LogP contribution is -2.54. The average Bonchev–Trinajstić information content (AvgIpc) is 2.70. The van der Waals surface area contributed by atoms with Crippen LogP contribution in [0.15, 0.2) is 48.1 Å². The van der Waals surface area contributed by atoms with Crippen molar-refractivity contribution in [2.75, 3.05) is 20.5 Å². The van der Waals surface area contributed by atoms with E-state index in [1.54, 1.807) is 7.11 Å². The van der Waals surface area contributed by atoms with Crippen LogP contribution in [0, 0.1) is 23.2 Å². The van der Waals surface area contributed by atoms with Crippen LogP contribution < -0.4 is 4.74 Å². The lowest BCUT2D eigenvalue weighted by molar-refractivity contribution is -0.104. The summed E-state index contributed by atoms with van der Waals surface area (Å²) in [5.41, 5.74) is 2.64. The van der Waals surface area contributed by atoms with Crippen LogP contribution in [0.4, 0.5) is 0 Å². The molecular formula is C25H37NO4Si. The molecule has 170 valence electrons. The number of benzene rings is 1. The van der Waals surface area contributed by atoms with Crippen LogP contribution in [-0.4, -0.2) is 34.4 Å². The maximum absolute atomic E-state index is 9.68. The quantitative estimate of drug-likeness (QED) is 0.186. The number of hydrogen-bond acceptors (Lipinski definition) is 5. The van der Waals surface area contributed by atoms with Gasteiger partial charge in [-0.1, -0.05) is 30.4 Å². The summed E-state index contributed by atoms with van der Waals surface area (Å²) in [5.74, 6) is 1.05. The van der Waals surface area contributed by atoms with E-state index in [0.29, 0.717) is 19.6 Å². The predicted octanol–water partition coefficient (Wildman–Crippen LogP) is 5.85. The molecule has 1 aliphatic rings. The van der Waals surface area contributed by atoms with Gasteiger partial charge >= 0.3 is 0 Å². The fourth-order valence-electron chi connectivity index (χ4n) is 4.30. The topological polar surface area (TPSA) is 60.7 Å². The van der Waals surface area contributed by atoms with E-state index in [1.165, 1.54) is 0 Å². The lowest BCUT2D eigenvalue weighted by atomic mass is 9.66. The van der Waals surface area contributed by atoms with E-state index in [0.717, 1.165) is 28.9 Å². The van der Waals surface area contributed by atoms with Crippen molar-refractivity contribution in [3.63, 3.8) is 0 Å². The third-order valence-electron chi connectivity index (χ3n) is 5.78. The average molecular weight is 444 g/mol. The minimum absolute atomic E-state index is 0.0194. The third-order valence-corrected chi connectivity index (χ3v) is 6.76. The Morgan fingerprint density at radius 2 is 1.90 bits per heavy atom. The summed E-state index contributed by atoms with van der Waals surface area (Å²) in [5, 5.41) is 9.68. The molecule has 1 aromatic rings. The number of ether oxygens (including phenoxy) is 3. The SMILES string of the molecule is C=C(C)[C@@H]1CC=C(C)[C@](CC#N)(O[Si](C)(C)C)[C@H]1COCOCc1ccc(OC)cc1. The van der Waals surface area contributed by atoms with Crippen molar-refractivity contribution in [2.45, 2.75) is 58.5 Å². The first-order valence-electron chi connectivity index (χ1n) is 10.8. The van der Waals surface area contributed by atoms with Crippen LogP contribution in [0.25, 0.3) is 0 Å². The van der Waals surface area contributed by atoms with E-state index in [2.05, 4.69) is 52.2 Å². The van der Waals surface area contributed by atoms with Gasteiger partial charge in [-0.2, -0.15) is 5.26 Å². The molecule has 0 heterocycles. The zero-order chi connectivity index (χ0) is 23.1. The molecule has 0 unspecified atom stereocenters. The second kappa shape index (κ2) is 11.1. The Morgan fingerprint density at radius 3 is 2.45 bits per heavy atom. The normalized spacial score (nSPS) is 23.7. The van der Waals surface area contributed by atoms with E-state index in [1.807, 2.05) is 24.3 Å². The number of allylic oxidation sites excluding steroid dienone is 2.